The summed E-state index contributed by atoms with van der Waals surface area (Å²) in [6.07, 6.45) is 0.261. The van der Waals surface area contributed by atoms with E-state index in [1.807, 2.05) is 60.7 Å². The average Bonchev–Trinajstić information content (AvgIpc) is 2.78. The van der Waals surface area contributed by atoms with Crippen LogP contribution < -0.4 is 15.4 Å². The number of carbonyl (C=O) groups is 1. The monoisotopic (exact) mass is 466 g/mol. The van der Waals surface area contributed by atoms with E-state index in [2.05, 4.69) is 38.7 Å². The molecule has 0 saturated heterocycles. The molecule has 0 aromatic heterocycles. The van der Waals surface area contributed by atoms with Crippen molar-refractivity contribution in [2.24, 2.45) is 0 Å². The average molecular weight is 467 g/mol. The van der Waals surface area contributed by atoms with Gasteiger partial charge in [-0.2, -0.15) is 0 Å². The molecule has 30 heavy (non-hydrogen) atoms. The molecule has 0 saturated carbocycles. The zero-order chi connectivity index (χ0) is 20.9. The van der Waals surface area contributed by atoms with Crippen LogP contribution in [0, 0.1) is 0 Å². The van der Waals surface area contributed by atoms with Crippen LogP contribution in [0.1, 0.15) is 35.2 Å². The molecule has 6 heteroatoms. The van der Waals surface area contributed by atoms with Crippen LogP contribution in [0.15, 0.2) is 77.3 Å². The van der Waals surface area contributed by atoms with Crippen molar-refractivity contribution < 1.29 is 14.3 Å². The summed E-state index contributed by atoms with van der Waals surface area (Å²) in [5, 5.41) is 6.62. The number of hydrogen-bond acceptors (Lipinski definition) is 4. The van der Waals surface area contributed by atoms with E-state index in [9.17, 15) is 4.79 Å². The molecule has 2 atom stereocenters. The lowest BCUT2D eigenvalue weighted by Crippen LogP contribution is -2.34. The van der Waals surface area contributed by atoms with Gasteiger partial charge in [0.05, 0.1) is 19.2 Å². The maximum atomic E-state index is 12.5. The Morgan fingerprint density at radius 3 is 2.60 bits per heavy atom. The Bertz CT molecular complexity index is 1010. The fourth-order valence-corrected chi connectivity index (χ4v) is 3.92. The number of nitrogens with one attached hydrogen (secondary N) is 2. The van der Waals surface area contributed by atoms with Gasteiger partial charge in [-0.05, 0) is 47.9 Å². The standard InChI is InChI=1S/C24H23BrN2O3/c1-29-19-11-12-21-20(13-19)23(14-22(26-21)17-7-9-18(25)10-8-17)27-24(28)30-15-16-5-3-2-4-6-16/h2-13,22-23,26H,14-15H2,1H3,(H,27,28)/t22-,23-/m0/s1. The first-order chi connectivity index (χ1) is 14.6. The van der Waals surface area contributed by atoms with Crippen LogP contribution in [-0.4, -0.2) is 13.2 Å². The second-order valence-electron chi connectivity index (χ2n) is 7.20. The van der Waals surface area contributed by atoms with Gasteiger partial charge in [0, 0.05) is 15.7 Å². The van der Waals surface area contributed by atoms with Crippen molar-refractivity contribution in [3.05, 3.63) is 94.0 Å². The number of amides is 1. The summed E-state index contributed by atoms with van der Waals surface area (Å²) in [4.78, 5) is 12.5. The first-order valence-corrected chi connectivity index (χ1v) is 10.6. The van der Waals surface area contributed by atoms with Crippen molar-refractivity contribution in [1.29, 1.82) is 0 Å². The molecule has 3 aromatic rings. The minimum Gasteiger partial charge on any atom is -0.497 e. The molecule has 5 nitrogen and oxygen atoms in total. The van der Waals surface area contributed by atoms with E-state index in [-0.39, 0.29) is 18.7 Å². The minimum atomic E-state index is -0.436. The Morgan fingerprint density at radius 2 is 1.87 bits per heavy atom. The Morgan fingerprint density at radius 1 is 1.10 bits per heavy atom. The number of rotatable bonds is 5. The van der Waals surface area contributed by atoms with Crippen LogP contribution in [0.25, 0.3) is 0 Å². The van der Waals surface area contributed by atoms with Crippen molar-refractivity contribution in [2.45, 2.75) is 25.1 Å². The summed E-state index contributed by atoms with van der Waals surface area (Å²) in [5.74, 6) is 0.752. The van der Waals surface area contributed by atoms with Crippen LogP contribution in [-0.2, 0) is 11.3 Å². The predicted molar refractivity (Wildman–Crippen MR) is 121 cm³/mol. The SMILES string of the molecule is COc1ccc2c(c1)[C@@H](NC(=O)OCc1ccccc1)C[C@@H](c1ccc(Br)cc1)N2. The third-order valence-corrected chi connectivity index (χ3v) is 5.74. The largest absolute Gasteiger partial charge is 0.497 e. The van der Waals surface area contributed by atoms with Gasteiger partial charge in [0.15, 0.2) is 0 Å². The van der Waals surface area contributed by atoms with Crippen LogP contribution in [0.4, 0.5) is 10.5 Å². The summed E-state index contributed by atoms with van der Waals surface area (Å²) in [5.41, 5.74) is 4.07. The van der Waals surface area contributed by atoms with Crippen molar-refractivity contribution in [3.8, 4) is 5.75 Å². The molecule has 2 N–H and O–H groups in total. The fraction of sp³-hybridized carbons (Fsp3) is 0.208. The summed E-state index contributed by atoms with van der Waals surface area (Å²) >= 11 is 3.48. The molecule has 1 heterocycles. The lowest BCUT2D eigenvalue weighted by atomic mass is 9.89. The summed E-state index contributed by atoms with van der Waals surface area (Å²) in [6, 6.07) is 23.6. The number of benzene rings is 3. The molecular formula is C24H23BrN2O3. The van der Waals surface area contributed by atoms with E-state index >= 15 is 0 Å². The van der Waals surface area contributed by atoms with E-state index in [1.165, 1.54) is 0 Å². The molecule has 4 rings (SSSR count). The third kappa shape index (κ3) is 4.76. The van der Waals surface area contributed by atoms with Crippen LogP contribution >= 0.6 is 15.9 Å². The van der Waals surface area contributed by atoms with Gasteiger partial charge in [-0.15, -0.1) is 0 Å². The number of alkyl carbamates (subject to hydrolysis) is 1. The minimum absolute atomic E-state index is 0.0680. The summed E-state index contributed by atoms with van der Waals surface area (Å²) in [6.45, 7) is 0.235. The van der Waals surface area contributed by atoms with Gasteiger partial charge in [-0.1, -0.05) is 58.4 Å². The molecule has 3 aromatic carbocycles. The molecule has 0 bridgehead atoms. The van der Waals surface area contributed by atoms with Gasteiger partial charge in [0.25, 0.3) is 0 Å². The predicted octanol–water partition coefficient (Wildman–Crippen LogP) is 5.98. The van der Waals surface area contributed by atoms with Gasteiger partial charge in [-0.3, -0.25) is 0 Å². The number of methoxy groups -OCH3 is 1. The van der Waals surface area contributed by atoms with Crippen molar-refractivity contribution in [1.82, 2.24) is 5.32 Å². The molecule has 0 unspecified atom stereocenters. The molecule has 0 radical (unpaired) electrons. The molecule has 0 aliphatic carbocycles. The highest BCUT2D eigenvalue weighted by Crippen LogP contribution is 2.40. The molecule has 1 aliphatic rings. The Hall–Kier alpha value is -2.99. The van der Waals surface area contributed by atoms with Crippen molar-refractivity contribution in [3.63, 3.8) is 0 Å². The third-order valence-electron chi connectivity index (χ3n) is 5.21. The normalized spacial score (nSPS) is 17.4. The number of hydrogen-bond donors (Lipinski definition) is 2. The molecule has 0 spiro atoms. The lowest BCUT2D eigenvalue weighted by molar-refractivity contribution is 0.134. The van der Waals surface area contributed by atoms with Gasteiger partial charge >= 0.3 is 6.09 Å². The topological polar surface area (TPSA) is 59.6 Å². The van der Waals surface area contributed by atoms with E-state index in [0.717, 1.165) is 32.6 Å². The highest BCUT2D eigenvalue weighted by atomic mass is 79.9. The van der Waals surface area contributed by atoms with Gasteiger partial charge in [0.2, 0.25) is 0 Å². The maximum Gasteiger partial charge on any atom is 0.407 e. The number of anilines is 1. The van der Waals surface area contributed by atoms with Crippen molar-refractivity contribution >= 4 is 27.7 Å². The lowest BCUT2D eigenvalue weighted by Gasteiger charge is -2.34. The quantitative estimate of drug-likeness (QED) is 0.485. The number of ether oxygens (including phenoxy) is 2. The number of carbonyl (C=O) groups excluding carboxylic acids is 1. The van der Waals surface area contributed by atoms with E-state index in [0.29, 0.717) is 6.42 Å². The summed E-state index contributed by atoms with van der Waals surface area (Å²) < 4.78 is 11.9. The Balaban J connectivity index is 1.53. The van der Waals surface area contributed by atoms with Gasteiger partial charge < -0.3 is 20.1 Å². The zero-order valence-corrected chi connectivity index (χ0v) is 18.2. The van der Waals surface area contributed by atoms with E-state index in [4.69, 9.17) is 9.47 Å². The maximum absolute atomic E-state index is 12.5. The fourth-order valence-electron chi connectivity index (χ4n) is 3.66. The highest BCUT2D eigenvalue weighted by Gasteiger charge is 2.29. The van der Waals surface area contributed by atoms with E-state index < -0.39 is 6.09 Å². The first kappa shape index (κ1) is 20.3. The Kier molecular flexibility index (Phi) is 6.23. The molecular weight excluding hydrogens is 444 g/mol. The van der Waals surface area contributed by atoms with Crippen LogP contribution in [0.5, 0.6) is 5.75 Å². The van der Waals surface area contributed by atoms with E-state index in [1.54, 1.807) is 7.11 Å². The zero-order valence-electron chi connectivity index (χ0n) is 16.6. The van der Waals surface area contributed by atoms with Crippen LogP contribution in [0.3, 0.4) is 0 Å². The number of halogens is 1. The molecule has 1 amide bonds. The first-order valence-electron chi connectivity index (χ1n) is 9.79. The second-order valence-corrected chi connectivity index (χ2v) is 8.11. The van der Waals surface area contributed by atoms with Crippen LogP contribution in [0.2, 0.25) is 0 Å². The molecule has 1 aliphatic heterocycles. The number of fused-ring (bicyclic) bond motifs is 1. The van der Waals surface area contributed by atoms with Crippen molar-refractivity contribution in [2.75, 3.05) is 12.4 Å². The van der Waals surface area contributed by atoms with Gasteiger partial charge in [-0.25, -0.2) is 4.79 Å². The smallest absolute Gasteiger partial charge is 0.407 e. The second kappa shape index (κ2) is 9.22. The Labute approximate surface area is 184 Å². The summed E-state index contributed by atoms with van der Waals surface area (Å²) in [7, 11) is 1.64. The highest BCUT2D eigenvalue weighted by molar-refractivity contribution is 9.10. The molecule has 0 fully saturated rings. The van der Waals surface area contributed by atoms with Gasteiger partial charge in [0.1, 0.15) is 12.4 Å². The molecule has 154 valence electrons.